The van der Waals surface area contributed by atoms with Gasteiger partial charge in [0, 0.05) is 17.7 Å². The lowest BCUT2D eigenvalue weighted by molar-refractivity contribution is -0.131. The van der Waals surface area contributed by atoms with Gasteiger partial charge in [0.05, 0.1) is 5.52 Å². The number of carboxylic acid groups (broad SMARTS) is 1. The van der Waals surface area contributed by atoms with Gasteiger partial charge in [-0.05, 0) is 36.3 Å². The number of aliphatic carboxylic acids is 1. The Morgan fingerprint density at radius 1 is 1.38 bits per heavy atom. The second-order valence-electron chi connectivity index (χ2n) is 3.58. The molecule has 0 saturated heterocycles. The number of pyridine rings is 1. The van der Waals surface area contributed by atoms with Gasteiger partial charge in [-0.15, -0.1) is 0 Å². The van der Waals surface area contributed by atoms with Gasteiger partial charge >= 0.3 is 5.97 Å². The van der Waals surface area contributed by atoms with E-state index < -0.39 is 5.97 Å². The van der Waals surface area contributed by atoms with Gasteiger partial charge in [0.15, 0.2) is 0 Å². The number of nitrogens with zero attached hydrogens (tertiary/aromatic N) is 1. The number of fused-ring (bicyclic) bond motifs is 1. The molecule has 0 radical (unpaired) electrons. The van der Waals surface area contributed by atoms with Gasteiger partial charge in [0.2, 0.25) is 0 Å². The Kier molecular flexibility index (Phi) is 2.68. The van der Waals surface area contributed by atoms with E-state index in [0.29, 0.717) is 0 Å². The van der Waals surface area contributed by atoms with Crippen molar-refractivity contribution >= 4 is 22.4 Å². The Morgan fingerprint density at radius 3 is 2.94 bits per heavy atom. The molecule has 1 aromatic heterocycles. The molecule has 0 bridgehead atoms. The number of rotatable bonds is 2. The number of hydrogen-bond acceptors (Lipinski definition) is 2. The van der Waals surface area contributed by atoms with Gasteiger partial charge in [-0.1, -0.05) is 12.1 Å². The highest BCUT2D eigenvalue weighted by atomic mass is 16.4. The zero-order valence-corrected chi connectivity index (χ0v) is 8.84. The van der Waals surface area contributed by atoms with Crippen molar-refractivity contribution in [3.05, 3.63) is 48.2 Å². The molecule has 2 rings (SSSR count). The summed E-state index contributed by atoms with van der Waals surface area (Å²) in [6.07, 6.45) is 2.94. The summed E-state index contributed by atoms with van der Waals surface area (Å²) < 4.78 is 0. The van der Waals surface area contributed by atoms with Crippen molar-refractivity contribution in [2.75, 3.05) is 0 Å². The minimum atomic E-state index is -0.927. The first kappa shape index (κ1) is 10.4. The van der Waals surface area contributed by atoms with E-state index in [0.717, 1.165) is 22.0 Å². The number of benzene rings is 1. The number of carbonyl (C=O) groups is 1. The van der Waals surface area contributed by atoms with Crippen LogP contribution in [0.5, 0.6) is 0 Å². The summed E-state index contributed by atoms with van der Waals surface area (Å²) in [6.45, 7) is 1.78. The van der Waals surface area contributed by atoms with Crippen LogP contribution in [0, 0.1) is 0 Å². The summed E-state index contributed by atoms with van der Waals surface area (Å²) in [5.74, 6) is -0.927. The second-order valence-corrected chi connectivity index (χ2v) is 3.58. The standard InChI is InChI=1S/C13H11NO2/c1-9(7-13(15)16)10-4-5-12-11(8-10)3-2-6-14-12/h2-8H,1H3,(H,15,16)/b9-7-. The summed E-state index contributed by atoms with van der Waals surface area (Å²) in [4.78, 5) is 14.8. The third-order valence-corrected chi connectivity index (χ3v) is 2.40. The van der Waals surface area contributed by atoms with Gasteiger partial charge in [-0.2, -0.15) is 0 Å². The molecule has 3 nitrogen and oxygen atoms in total. The molecule has 0 spiro atoms. The fourth-order valence-corrected chi connectivity index (χ4v) is 1.59. The predicted octanol–water partition coefficient (Wildman–Crippen LogP) is 2.72. The predicted molar refractivity (Wildman–Crippen MR) is 63.0 cm³/mol. The van der Waals surface area contributed by atoms with Crippen LogP contribution in [0.25, 0.3) is 16.5 Å². The molecule has 0 unspecified atom stereocenters. The molecular weight excluding hydrogens is 202 g/mol. The van der Waals surface area contributed by atoms with Gasteiger partial charge in [-0.25, -0.2) is 4.79 Å². The molecule has 80 valence electrons. The Balaban J connectivity index is 2.51. The molecule has 0 aliphatic heterocycles. The Hall–Kier alpha value is -2.16. The summed E-state index contributed by atoms with van der Waals surface area (Å²) in [5, 5.41) is 9.68. The SMILES string of the molecule is C/C(=C/C(=O)O)c1ccc2ncccc2c1. The third kappa shape index (κ3) is 2.08. The van der Waals surface area contributed by atoms with E-state index in [9.17, 15) is 4.79 Å². The number of aromatic nitrogens is 1. The topological polar surface area (TPSA) is 50.2 Å². The van der Waals surface area contributed by atoms with Crippen LogP contribution >= 0.6 is 0 Å². The maximum Gasteiger partial charge on any atom is 0.328 e. The van der Waals surface area contributed by atoms with E-state index in [-0.39, 0.29) is 0 Å². The highest BCUT2D eigenvalue weighted by molar-refractivity contribution is 5.91. The molecule has 0 fully saturated rings. The molecule has 0 aliphatic rings. The van der Waals surface area contributed by atoms with Crippen LogP contribution in [0.3, 0.4) is 0 Å². The maximum absolute atomic E-state index is 10.6. The number of carboxylic acids is 1. The van der Waals surface area contributed by atoms with Crippen LogP contribution in [-0.2, 0) is 4.79 Å². The molecular formula is C13H11NO2. The molecule has 2 aromatic rings. The van der Waals surface area contributed by atoms with Crippen LogP contribution < -0.4 is 0 Å². The van der Waals surface area contributed by atoms with Crippen molar-refractivity contribution in [2.24, 2.45) is 0 Å². The molecule has 0 amide bonds. The largest absolute Gasteiger partial charge is 0.478 e. The van der Waals surface area contributed by atoms with E-state index >= 15 is 0 Å². The zero-order valence-electron chi connectivity index (χ0n) is 8.84. The monoisotopic (exact) mass is 213 g/mol. The minimum Gasteiger partial charge on any atom is -0.478 e. The lowest BCUT2D eigenvalue weighted by atomic mass is 10.0. The minimum absolute atomic E-state index is 0.734. The molecule has 1 N–H and O–H groups in total. The van der Waals surface area contributed by atoms with Gasteiger partial charge < -0.3 is 5.11 Å². The van der Waals surface area contributed by atoms with Crippen LogP contribution in [0.1, 0.15) is 12.5 Å². The molecule has 3 heteroatoms. The van der Waals surface area contributed by atoms with Crippen LogP contribution in [0.15, 0.2) is 42.6 Å². The normalized spacial score (nSPS) is 11.7. The number of hydrogen-bond donors (Lipinski definition) is 1. The van der Waals surface area contributed by atoms with Crippen molar-refractivity contribution < 1.29 is 9.90 Å². The summed E-state index contributed by atoms with van der Waals surface area (Å²) in [5.41, 5.74) is 2.55. The van der Waals surface area contributed by atoms with Gasteiger partial charge in [-0.3, -0.25) is 4.98 Å². The second kappa shape index (κ2) is 4.14. The molecule has 0 saturated carbocycles. The zero-order chi connectivity index (χ0) is 11.5. The van der Waals surface area contributed by atoms with Crippen molar-refractivity contribution in [1.29, 1.82) is 0 Å². The van der Waals surface area contributed by atoms with E-state index in [1.807, 2.05) is 30.3 Å². The smallest absolute Gasteiger partial charge is 0.328 e. The first-order chi connectivity index (χ1) is 7.66. The number of allylic oxidation sites excluding steroid dienone is 1. The fourth-order valence-electron chi connectivity index (χ4n) is 1.59. The Labute approximate surface area is 93.1 Å². The van der Waals surface area contributed by atoms with E-state index in [4.69, 9.17) is 5.11 Å². The van der Waals surface area contributed by atoms with Crippen LogP contribution in [0.4, 0.5) is 0 Å². The van der Waals surface area contributed by atoms with E-state index in [1.54, 1.807) is 13.1 Å². The quantitative estimate of drug-likeness (QED) is 0.780. The average molecular weight is 213 g/mol. The average Bonchev–Trinajstić information content (AvgIpc) is 2.27. The molecule has 1 heterocycles. The molecule has 16 heavy (non-hydrogen) atoms. The van der Waals surface area contributed by atoms with Crippen LogP contribution in [-0.4, -0.2) is 16.1 Å². The van der Waals surface area contributed by atoms with E-state index in [1.165, 1.54) is 6.08 Å². The molecule has 0 aliphatic carbocycles. The van der Waals surface area contributed by atoms with E-state index in [2.05, 4.69) is 4.98 Å². The third-order valence-electron chi connectivity index (χ3n) is 2.40. The van der Waals surface area contributed by atoms with Crippen molar-refractivity contribution in [3.63, 3.8) is 0 Å². The first-order valence-electron chi connectivity index (χ1n) is 4.93. The Bertz CT molecular complexity index is 573. The maximum atomic E-state index is 10.6. The Morgan fingerprint density at radius 2 is 2.19 bits per heavy atom. The summed E-state index contributed by atoms with van der Waals surface area (Å²) >= 11 is 0. The summed E-state index contributed by atoms with van der Waals surface area (Å²) in [7, 11) is 0. The van der Waals surface area contributed by atoms with Gasteiger partial charge in [0.25, 0.3) is 0 Å². The molecule has 0 atom stereocenters. The fraction of sp³-hybridized carbons (Fsp3) is 0.0769. The summed E-state index contributed by atoms with van der Waals surface area (Å²) in [6, 6.07) is 9.54. The van der Waals surface area contributed by atoms with Crippen molar-refractivity contribution in [3.8, 4) is 0 Å². The highest BCUT2D eigenvalue weighted by Gasteiger charge is 2.00. The molecule has 1 aromatic carbocycles. The van der Waals surface area contributed by atoms with Crippen molar-refractivity contribution in [2.45, 2.75) is 6.92 Å². The highest BCUT2D eigenvalue weighted by Crippen LogP contribution is 2.19. The van der Waals surface area contributed by atoms with Gasteiger partial charge in [0.1, 0.15) is 0 Å². The van der Waals surface area contributed by atoms with Crippen LogP contribution in [0.2, 0.25) is 0 Å². The lowest BCUT2D eigenvalue weighted by Gasteiger charge is -2.02. The lowest BCUT2D eigenvalue weighted by Crippen LogP contribution is -1.90. The first-order valence-corrected chi connectivity index (χ1v) is 4.93. The van der Waals surface area contributed by atoms with Crippen molar-refractivity contribution in [1.82, 2.24) is 4.98 Å².